The van der Waals surface area contributed by atoms with Crippen molar-refractivity contribution >= 4 is 18.3 Å². The monoisotopic (exact) mass is 254 g/mol. The minimum atomic E-state index is -0.380. The van der Waals surface area contributed by atoms with E-state index in [1.807, 2.05) is 30.9 Å². The van der Waals surface area contributed by atoms with Crippen molar-refractivity contribution in [1.82, 2.24) is 4.90 Å². The van der Waals surface area contributed by atoms with Crippen molar-refractivity contribution in [3.05, 3.63) is 35.4 Å². The topological polar surface area (TPSA) is 46.3 Å². The van der Waals surface area contributed by atoms with Crippen LogP contribution in [0.1, 0.15) is 25.0 Å². The molecular formula is C13H19ClN2O. The van der Waals surface area contributed by atoms with E-state index < -0.39 is 0 Å². The smallest absolute Gasteiger partial charge is 0.240 e. The zero-order valence-electron chi connectivity index (χ0n) is 10.2. The highest BCUT2D eigenvalue weighted by Gasteiger charge is 2.28. The number of halogens is 1. The first kappa shape index (κ1) is 14.0. The molecule has 1 aliphatic rings. The summed E-state index contributed by atoms with van der Waals surface area (Å²) in [5, 5.41) is 0. The molecule has 3 nitrogen and oxygen atoms in total. The van der Waals surface area contributed by atoms with Gasteiger partial charge in [0.1, 0.15) is 0 Å². The molecule has 2 N–H and O–H groups in total. The van der Waals surface area contributed by atoms with Gasteiger partial charge in [-0.2, -0.15) is 0 Å². The SMILES string of the molecule is CC(C)[C@@H](N)C(=O)N1Cc2ccccc2C1.Cl. The lowest BCUT2D eigenvalue weighted by Crippen LogP contribution is -2.44. The van der Waals surface area contributed by atoms with Crippen LogP contribution in [-0.2, 0) is 17.9 Å². The van der Waals surface area contributed by atoms with Gasteiger partial charge in [0.15, 0.2) is 0 Å². The summed E-state index contributed by atoms with van der Waals surface area (Å²) < 4.78 is 0. The van der Waals surface area contributed by atoms with Gasteiger partial charge in [0.2, 0.25) is 5.91 Å². The number of rotatable bonds is 2. The molecule has 17 heavy (non-hydrogen) atoms. The van der Waals surface area contributed by atoms with Crippen LogP contribution in [-0.4, -0.2) is 16.8 Å². The standard InChI is InChI=1S/C13H18N2O.ClH/c1-9(2)12(14)13(16)15-7-10-5-3-4-6-11(10)8-15;/h3-6,9,12H,7-8,14H2,1-2H3;1H/t12-;/m1./s1. The molecule has 2 rings (SSSR count). The van der Waals surface area contributed by atoms with Gasteiger partial charge >= 0.3 is 0 Å². The van der Waals surface area contributed by atoms with Crippen molar-refractivity contribution in [2.75, 3.05) is 0 Å². The van der Waals surface area contributed by atoms with E-state index in [2.05, 4.69) is 12.1 Å². The number of amides is 1. The van der Waals surface area contributed by atoms with Crippen LogP contribution in [0.2, 0.25) is 0 Å². The Morgan fingerprint density at radius 3 is 2.12 bits per heavy atom. The Labute approximate surface area is 108 Å². The molecule has 0 bridgehead atoms. The average Bonchev–Trinajstić information content (AvgIpc) is 2.70. The summed E-state index contributed by atoms with van der Waals surface area (Å²) in [4.78, 5) is 13.9. The Morgan fingerprint density at radius 1 is 1.24 bits per heavy atom. The van der Waals surface area contributed by atoms with Gasteiger partial charge in [0.25, 0.3) is 0 Å². The lowest BCUT2D eigenvalue weighted by atomic mass is 10.0. The molecule has 0 aromatic heterocycles. The van der Waals surface area contributed by atoms with E-state index in [4.69, 9.17) is 5.73 Å². The second kappa shape index (κ2) is 5.52. The fourth-order valence-corrected chi connectivity index (χ4v) is 1.98. The Bertz CT molecular complexity index is 381. The fourth-order valence-electron chi connectivity index (χ4n) is 1.98. The number of benzene rings is 1. The third-order valence-corrected chi connectivity index (χ3v) is 3.16. The largest absolute Gasteiger partial charge is 0.333 e. The molecule has 0 radical (unpaired) electrons. The highest BCUT2D eigenvalue weighted by molar-refractivity contribution is 5.85. The molecule has 0 saturated carbocycles. The molecule has 1 heterocycles. The van der Waals surface area contributed by atoms with Gasteiger partial charge in [-0.25, -0.2) is 0 Å². The third-order valence-electron chi connectivity index (χ3n) is 3.16. The quantitative estimate of drug-likeness (QED) is 0.877. The van der Waals surface area contributed by atoms with Crippen molar-refractivity contribution in [3.8, 4) is 0 Å². The number of carbonyl (C=O) groups is 1. The minimum Gasteiger partial charge on any atom is -0.333 e. The summed E-state index contributed by atoms with van der Waals surface area (Å²) in [5.41, 5.74) is 8.37. The van der Waals surface area contributed by atoms with Crippen LogP contribution in [0.3, 0.4) is 0 Å². The number of nitrogens with zero attached hydrogens (tertiary/aromatic N) is 1. The molecule has 94 valence electrons. The molecule has 0 saturated heterocycles. The molecule has 0 fully saturated rings. The second-order valence-electron chi connectivity index (χ2n) is 4.73. The van der Waals surface area contributed by atoms with E-state index in [9.17, 15) is 4.79 Å². The lowest BCUT2D eigenvalue weighted by Gasteiger charge is -2.22. The zero-order valence-corrected chi connectivity index (χ0v) is 11.0. The van der Waals surface area contributed by atoms with Crippen molar-refractivity contribution in [1.29, 1.82) is 0 Å². The maximum absolute atomic E-state index is 12.1. The molecule has 4 heteroatoms. The summed E-state index contributed by atoms with van der Waals surface area (Å²) in [6.07, 6.45) is 0. The number of nitrogens with two attached hydrogens (primary N) is 1. The highest BCUT2D eigenvalue weighted by atomic mass is 35.5. The van der Waals surface area contributed by atoms with Crippen LogP contribution in [0.4, 0.5) is 0 Å². The molecule has 1 aromatic rings. The van der Waals surface area contributed by atoms with Crippen LogP contribution in [0, 0.1) is 5.92 Å². The number of hydrogen-bond acceptors (Lipinski definition) is 2. The van der Waals surface area contributed by atoms with Gasteiger partial charge in [-0.15, -0.1) is 12.4 Å². The van der Waals surface area contributed by atoms with Gasteiger partial charge in [-0.05, 0) is 17.0 Å². The van der Waals surface area contributed by atoms with Gasteiger partial charge < -0.3 is 10.6 Å². The van der Waals surface area contributed by atoms with E-state index in [-0.39, 0.29) is 30.3 Å². The van der Waals surface area contributed by atoms with Crippen LogP contribution < -0.4 is 5.73 Å². The number of fused-ring (bicyclic) bond motifs is 1. The Hall–Kier alpha value is -1.06. The predicted molar refractivity (Wildman–Crippen MR) is 70.8 cm³/mol. The van der Waals surface area contributed by atoms with Gasteiger partial charge in [-0.3, -0.25) is 4.79 Å². The highest BCUT2D eigenvalue weighted by Crippen LogP contribution is 2.23. The number of hydrogen-bond donors (Lipinski definition) is 1. The van der Waals surface area contributed by atoms with Crippen molar-refractivity contribution in [2.45, 2.75) is 33.0 Å². The normalized spacial score (nSPS) is 15.4. The van der Waals surface area contributed by atoms with E-state index in [1.54, 1.807) is 0 Å². The summed E-state index contributed by atoms with van der Waals surface area (Å²) in [5.74, 6) is 0.252. The molecule has 1 atom stereocenters. The molecule has 0 aliphatic carbocycles. The Balaban J connectivity index is 0.00000144. The molecule has 1 aromatic carbocycles. The average molecular weight is 255 g/mol. The summed E-state index contributed by atoms with van der Waals surface area (Å²) >= 11 is 0. The lowest BCUT2D eigenvalue weighted by molar-refractivity contribution is -0.134. The van der Waals surface area contributed by atoms with Crippen molar-refractivity contribution < 1.29 is 4.79 Å². The van der Waals surface area contributed by atoms with Crippen molar-refractivity contribution in [2.24, 2.45) is 11.7 Å². The molecule has 1 amide bonds. The third kappa shape index (κ3) is 2.79. The van der Waals surface area contributed by atoms with Crippen molar-refractivity contribution in [3.63, 3.8) is 0 Å². The fraction of sp³-hybridized carbons (Fsp3) is 0.462. The predicted octanol–water partition coefficient (Wildman–Crippen LogP) is 1.93. The Morgan fingerprint density at radius 2 is 1.71 bits per heavy atom. The van der Waals surface area contributed by atoms with E-state index in [1.165, 1.54) is 11.1 Å². The van der Waals surface area contributed by atoms with Crippen LogP contribution in [0.15, 0.2) is 24.3 Å². The van der Waals surface area contributed by atoms with E-state index in [0.717, 1.165) is 0 Å². The van der Waals surface area contributed by atoms with Crippen LogP contribution >= 0.6 is 12.4 Å². The number of carbonyl (C=O) groups excluding carboxylic acids is 1. The van der Waals surface area contributed by atoms with Gasteiger partial charge in [-0.1, -0.05) is 38.1 Å². The molecule has 0 spiro atoms. The van der Waals surface area contributed by atoms with Crippen LogP contribution in [0.5, 0.6) is 0 Å². The van der Waals surface area contributed by atoms with Gasteiger partial charge in [0, 0.05) is 13.1 Å². The Kier molecular flexibility index (Phi) is 4.54. The molecule has 0 unspecified atom stereocenters. The van der Waals surface area contributed by atoms with E-state index in [0.29, 0.717) is 13.1 Å². The van der Waals surface area contributed by atoms with E-state index >= 15 is 0 Å². The maximum Gasteiger partial charge on any atom is 0.240 e. The first-order valence-corrected chi connectivity index (χ1v) is 5.70. The first-order valence-electron chi connectivity index (χ1n) is 5.70. The summed E-state index contributed by atoms with van der Waals surface area (Å²) in [7, 11) is 0. The summed E-state index contributed by atoms with van der Waals surface area (Å²) in [6, 6.07) is 7.78. The summed E-state index contributed by atoms with van der Waals surface area (Å²) in [6.45, 7) is 5.36. The minimum absolute atomic E-state index is 0. The maximum atomic E-state index is 12.1. The zero-order chi connectivity index (χ0) is 11.7. The second-order valence-corrected chi connectivity index (χ2v) is 4.73. The van der Waals surface area contributed by atoms with Crippen LogP contribution in [0.25, 0.3) is 0 Å². The molecular weight excluding hydrogens is 236 g/mol. The molecule has 1 aliphatic heterocycles. The van der Waals surface area contributed by atoms with Gasteiger partial charge in [0.05, 0.1) is 6.04 Å². The first-order chi connectivity index (χ1) is 7.59.